The molecule has 0 amide bonds. The van der Waals surface area contributed by atoms with Crippen molar-refractivity contribution in [3.8, 4) is 5.75 Å². The molecule has 3 heteroatoms. The maximum atomic E-state index is 4.86. The molecular formula is C10H14AuIO. The molecule has 1 aromatic rings. The molecule has 0 aliphatic heterocycles. The molecule has 78 valence electrons. The Kier molecular flexibility index (Phi) is 15.3. The third kappa shape index (κ3) is 10.4. The number of halogens is 1. The van der Waals surface area contributed by atoms with Gasteiger partial charge in [0, 0.05) is 5.75 Å². The normalized spacial score (nSPS) is 7.62. The van der Waals surface area contributed by atoms with Gasteiger partial charge in [0.05, 0.1) is 7.11 Å². The predicted octanol–water partition coefficient (Wildman–Crippen LogP) is 3.32. The quantitative estimate of drug-likeness (QED) is 0.277. The minimum absolute atomic E-state index is 0. The molecule has 0 N–H and O–H groups in total. The second-order valence-electron chi connectivity index (χ2n) is 2.12. The van der Waals surface area contributed by atoms with Crippen LogP contribution in [-0.4, -0.2) is 11.5 Å². The summed E-state index contributed by atoms with van der Waals surface area (Å²) in [7, 11) is 1.63. The van der Waals surface area contributed by atoms with Gasteiger partial charge < -0.3 is 4.74 Å². The van der Waals surface area contributed by atoms with Gasteiger partial charge in [0.1, 0.15) is 0 Å². The average molecular weight is 474 g/mol. The SMILES string of the molecule is CCCI.COc1[c-]cccc1.[Au+]. The van der Waals surface area contributed by atoms with Crippen LogP contribution < -0.4 is 4.74 Å². The van der Waals surface area contributed by atoms with Crippen molar-refractivity contribution in [2.75, 3.05) is 11.5 Å². The van der Waals surface area contributed by atoms with E-state index in [2.05, 4.69) is 35.6 Å². The van der Waals surface area contributed by atoms with Gasteiger partial charge in [-0.3, -0.25) is 0 Å². The number of para-hydroxylation sites is 1. The Morgan fingerprint density at radius 1 is 1.46 bits per heavy atom. The molecular weight excluding hydrogens is 460 g/mol. The van der Waals surface area contributed by atoms with Crippen molar-refractivity contribution in [3.05, 3.63) is 30.3 Å². The van der Waals surface area contributed by atoms with Gasteiger partial charge in [-0.1, -0.05) is 29.5 Å². The van der Waals surface area contributed by atoms with Crippen LogP contribution in [0.4, 0.5) is 0 Å². The standard InChI is InChI=1S/C7H7O.C3H7I.Au/c1-8-7-5-3-2-4-6-7;1-2-3-4;/h2-5H,1H3;2-3H2,1H3;/q-1;;+1. The zero-order valence-corrected chi connectivity index (χ0v) is 12.1. The Morgan fingerprint density at radius 2 is 2.08 bits per heavy atom. The van der Waals surface area contributed by atoms with Crippen LogP contribution in [0.3, 0.4) is 0 Å². The topological polar surface area (TPSA) is 9.23 Å². The van der Waals surface area contributed by atoms with E-state index in [1.165, 1.54) is 10.8 Å². The fourth-order valence-corrected chi connectivity index (χ4v) is 0.504. The van der Waals surface area contributed by atoms with Crippen LogP contribution in [0.1, 0.15) is 13.3 Å². The van der Waals surface area contributed by atoms with Crippen LogP contribution >= 0.6 is 22.6 Å². The molecule has 0 atom stereocenters. The second kappa shape index (κ2) is 12.5. The molecule has 0 heterocycles. The van der Waals surface area contributed by atoms with E-state index in [0.29, 0.717) is 0 Å². The Bertz CT molecular complexity index is 178. The summed E-state index contributed by atoms with van der Waals surface area (Å²) >= 11 is 2.35. The summed E-state index contributed by atoms with van der Waals surface area (Å²) in [5.74, 6) is 0.785. The van der Waals surface area contributed by atoms with Crippen LogP contribution in [0.5, 0.6) is 5.75 Å². The van der Waals surface area contributed by atoms with Crippen LogP contribution in [0.15, 0.2) is 24.3 Å². The molecule has 13 heavy (non-hydrogen) atoms. The molecule has 0 aromatic heterocycles. The van der Waals surface area contributed by atoms with E-state index in [1.54, 1.807) is 7.11 Å². The molecule has 0 aliphatic carbocycles. The largest absolute Gasteiger partial charge is 1.00 e. The van der Waals surface area contributed by atoms with Crippen LogP contribution in [0.2, 0.25) is 0 Å². The van der Waals surface area contributed by atoms with Crippen molar-refractivity contribution >= 4 is 22.6 Å². The van der Waals surface area contributed by atoms with Gasteiger partial charge in [0.15, 0.2) is 0 Å². The predicted molar refractivity (Wildman–Crippen MR) is 61.0 cm³/mol. The number of rotatable bonds is 2. The molecule has 0 radical (unpaired) electrons. The van der Waals surface area contributed by atoms with Gasteiger partial charge in [-0.15, -0.1) is 12.1 Å². The molecule has 0 unspecified atom stereocenters. The fraction of sp³-hybridized carbons (Fsp3) is 0.400. The molecule has 0 saturated carbocycles. The van der Waals surface area contributed by atoms with Gasteiger partial charge in [0.2, 0.25) is 0 Å². The van der Waals surface area contributed by atoms with Gasteiger partial charge >= 0.3 is 22.4 Å². The van der Waals surface area contributed by atoms with E-state index < -0.39 is 0 Å². The molecule has 1 rings (SSSR count). The maximum Gasteiger partial charge on any atom is 1.00 e. The van der Waals surface area contributed by atoms with Crippen molar-refractivity contribution in [3.63, 3.8) is 0 Å². The number of ether oxygens (including phenoxy) is 1. The van der Waals surface area contributed by atoms with E-state index in [-0.39, 0.29) is 22.4 Å². The molecule has 1 aromatic carbocycles. The van der Waals surface area contributed by atoms with E-state index in [1.807, 2.05) is 24.3 Å². The first-order valence-corrected chi connectivity index (χ1v) is 5.44. The van der Waals surface area contributed by atoms with Crippen LogP contribution in [0.25, 0.3) is 0 Å². The minimum Gasteiger partial charge on any atom is -0.523 e. The number of alkyl halides is 1. The Labute approximate surface area is 110 Å². The van der Waals surface area contributed by atoms with Gasteiger partial charge in [-0.25, -0.2) is 0 Å². The number of hydrogen-bond donors (Lipinski definition) is 0. The van der Waals surface area contributed by atoms with E-state index in [0.717, 1.165) is 5.75 Å². The van der Waals surface area contributed by atoms with E-state index in [4.69, 9.17) is 4.74 Å². The smallest absolute Gasteiger partial charge is 0.523 e. The Balaban J connectivity index is 0. The summed E-state index contributed by atoms with van der Waals surface area (Å²) in [4.78, 5) is 0. The van der Waals surface area contributed by atoms with Crippen molar-refractivity contribution in [2.24, 2.45) is 0 Å². The summed E-state index contributed by atoms with van der Waals surface area (Å²) in [5.41, 5.74) is 0. The van der Waals surface area contributed by atoms with Crippen molar-refractivity contribution in [1.29, 1.82) is 0 Å². The summed E-state index contributed by atoms with van der Waals surface area (Å²) in [5, 5.41) is 0. The zero-order valence-electron chi connectivity index (χ0n) is 7.81. The Hall–Kier alpha value is 0.490. The summed E-state index contributed by atoms with van der Waals surface area (Å²) in [6, 6.07) is 10.4. The maximum absolute atomic E-state index is 4.86. The minimum atomic E-state index is 0. The molecule has 0 fully saturated rings. The third-order valence-electron chi connectivity index (χ3n) is 1.09. The summed E-state index contributed by atoms with van der Waals surface area (Å²) in [6.45, 7) is 2.17. The summed E-state index contributed by atoms with van der Waals surface area (Å²) < 4.78 is 6.15. The summed E-state index contributed by atoms with van der Waals surface area (Å²) in [6.07, 6.45) is 1.31. The average Bonchev–Trinajstić information content (AvgIpc) is 2.19. The van der Waals surface area contributed by atoms with Gasteiger partial charge in [0.25, 0.3) is 0 Å². The van der Waals surface area contributed by atoms with Crippen molar-refractivity contribution in [2.45, 2.75) is 13.3 Å². The molecule has 0 saturated heterocycles. The van der Waals surface area contributed by atoms with E-state index in [9.17, 15) is 0 Å². The van der Waals surface area contributed by atoms with Crippen LogP contribution in [0, 0.1) is 6.07 Å². The van der Waals surface area contributed by atoms with Crippen LogP contribution in [-0.2, 0) is 22.4 Å². The first-order valence-electron chi connectivity index (χ1n) is 3.91. The van der Waals surface area contributed by atoms with Crippen molar-refractivity contribution in [1.82, 2.24) is 0 Å². The first-order chi connectivity index (χ1) is 5.85. The third-order valence-corrected chi connectivity index (χ3v) is 2.17. The fourth-order valence-electron chi connectivity index (χ4n) is 0.504. The van der Waals surface area contributed by atoms with Gasteiger partial charge in [-0.05, 0) is 10.8 Å². The Morgan fingerprint density at radius 3 is 2.31 bits per heavy atom. The van der Waals surface area contributed by atoms with Gasteiger partial charge in [-0.2, -0.15) is 18.2 Å². The molecule has 0 spiro atoms. The monoisotopic (exact) mass is 474 g/mol. The van der Waals surface area contributed by atoms with Crippen molar-refractivity contribution < 1.29 is 27.1 Å². The molecule has 0 aliphatic rings. The number of hydrogen-bond acceptors (Lipinski definition) is 1. The number of methoxy groups -OCH3 is 1. The first kappa shape index (κ1) is 15.9. The molecule has 1 nitrogen and oxygen atoms in total. The zero-order chi connectivity index (χ0) is 9.23. The molecule has 0 bridgehead atoms. The van der Waals surface area contributed by atoms with E-state index >= 15 is 0 Å². The second-order valence-corrected chi connectivity index (χ2v) is 3.20. The number of benzene rings is 1.